The van der Waals surface area contributed by atoms with E-state index in [0.29, 0.717) is 0 Å². The quantitative estimate of drug-likeness (QED) is 0.623. The van der Waals surface area contributed by atoms with Gasteiger partial charge in [-0.25, -0.2) is 25.9 Å². The van der Waals surface area contributed by atoms with E-state index >= 15 is 0 Å². The fourth-order valence-electron chi connectivity index (χ4n) is 2.09. The van der Waals surface area contributed by atoms with Crippen LogP contribution in [0.1, 0.15) is 19.8 Å². The molecule has 0 aliphatic heterocycles. The maximum Gasteiger partial charge on any atom is 0.240 e. The molecule has 0 amide bonds. The zero-order chi connectivity index (χ0) is 17.3. The van der Waals surface area contributed by atoms with Crippen LogP contribution in [0.5, 0.6) is 0 Å². The number of anilines is 1. The molecule has 0 heterocycles. The second-order valence-corrected chi connectivity index (χ2v) is 9.17. The Hall–Kier alpha value is -1.23. The fraction of sp³-hybridized carbons (Fsp3) is 0.538. The summed E-state index contributed by atoms with van der Waals surface area (Å²) in [5.74, 6) is -0.955. The molecule has 7 nitrogen and oxygen atoms in total. The van der Waals surface area contributed by atoms with E-state index in [2.05, 4.69) is 9.44 Å². The number of sulfonamides is 2. The third kappa shape index (κ3) is 4.63. The van der Waals surface area contributed by atoms with E-state index in [-0.39, 0.29) is 34.8 Å². The predicted octanol–water partition coefficient (Wildman–Crippen LogP) is 0.603. The monoisotopic (exact) mass is 365 g/mol. The molecule has 1 fully saturated rings. The van der Waals surface area contributed by atoms with Crippen molar-refractivity contribution in [1.82, 2.24) is 4.72 Å². The molecule has 2 rings (SSSR count). The SMILES string of the molecule is CCS(=O)(=O)Nc1ccc(S(=O)(=O)NC(CN)C2CC2)cc1F. The zero-order valence-electron chi connectivity index (χ0n) is 12.6. The van der Waals surface area contributed by atoms with Gasteiger partial charge in [-0.2, -0.15) is 0 Å². The lowest BCUT2D eigenvalue weighted by atomic mass is 10.2. The molecule has 0 radical (unpaired) electrons. The molecule has 1 aromatic rings. The Labute approximate surface area is 135 Å². The van der Waals surface area contributed by atoms with Crippen molar-refractivity contribution in [3.05, 3.63) is 24.0 Å². The molecule has 10 heteroatoms. The summed E-state index contributed by atoms with van der Waals surface area (Å²) in [6, 6.07) is 2.66. The minimum atomic E-state index is -3.91. The topological polar surface area (TPSA) is 118 Å². The Morgan fingerprint density at radius 2 is 1.96 bits per heavy atom. The number of hydrogen-bond acceptors (Lipinski definition) is 5. The van der Waals surface area contributed by atoms with Crippen LogP contribution in [0.4, 0.5) is 10.1 Å². The lowest BCUT2D eigenvalue weighted by Gasteiger charge is -2.16. The van der Waals surface area contributed by atoms with Gasteiger partial charge in [0.2, 0.25) is 20.0 Å². The maximum absolute atomic E-state index is 14.0. The van der Waals surface area contributed by atoms with Crippen molar-refractivity contribution in [2.45, 2.75) is 30.7 Å². The Balaban J connectivity index is 2.21. The van der Waals surface area contributed by atoms with Crippen LogP contribution in [0.3, 0.4) is 0 Å². The minimum absolute atomic E-state index is 0.167. The highest BCUT2D eigenvalue weighted by molar-refractivity contribution is 7.92. The highest BCUT2D eigenvalue weighted by Crippen LogP contribution is 2.33. The van der Waals surface area contributed by atoms with Gasteiger partial charge in [0.15, 0.2) is 0 Å². The van der Waals surface area contributed by atoms with Gasteiger partial charge < -0.3 is 5.73 Å². The van der Waals surface area contributed by atoms with Crippen LogP contribution < -0.4 is 15.2 Å². The van der Waals surface area contributed by atoms with Crippen LogP contribution >= 0.6 is 0 Å². The van der Waals surface area contributed by atoms with Crippen molar-refractivity contribution < 1.29 is 21.2 Å². The summed E-state index contributed by atoms with van der Waals surface area (Å²) in [6.45, 7) is 1.58. The van der Waals surface area contributed by atoms with Crippen LogP contribution in [0.15, 0.2) is 23.1 Å². The molecule has 1 aliphatic carbocycles. The van der Waals surface area contributed by atoms with Crippen LogP contribution in [0, 0.1) is 11.7 Å². The van der Waals surface area contributed by atoms with Crippen LogP contribution in [-0.4, -0.2) is 35.2 Å². The summed E-state index contributed by atoms with van der Waals surface area (Å²) in [4.78, 5) is -0.270. The predicted molar refractivity (Wildman–Crippen MR) is 85.4 cm³/mol. The van der Waals surface area contributed by atoms with Crippen LogP contribution in [0.25, 0.3) is 0 Å². The summed E-state index contributed by atoms with van der Waals surface area (Å²) >= 11 is 0. The van der Waals surface area contributed by atoms with Gasteiger partial charge in [0.25, 0.3) is 0 Å². The highest BCUT2D eigenvalue weighted by Gasteiger charge is 2.33. The molecule has 4 N–H and O–H groups in total. The standard InChI is InChI=1S/C13H20FN3O4S2/c1-2-22(18,19)16-12-6-5-10(7-11(12)14)23(20,21)17-13(8-15)9-3-4-9/h5-7,9,13,16-17H,2-4,8,15H2,1H3. The second-order valence-electron chi connectivity index (χ2n) is 5.45. The first-order valence-electron chi connectivity index (χ1n) is 7.21. The molecular weight excluding hydrogens is 345 g/mol. The number of benzene rings is 1. The average molecular weight is 365 g/mol. The normalized spacial score (nSPS) is 17.0. The Kier molecular flexibility index (Phi) is 5.29. The molecule has 0 saturated heterocycles. The van der Waals surface area contributed by atoms with Gasteiger partial charge in [-0.1, -0.05) is 0 Å². The van der Waals surface area contributed by atoms with Crippen molar-refractivity contribution in [2.75, 3.05) is 17.0 Å². The van der Waals surface area contributed by atoms with E-state index in [1.165, 1.54) is 6.92 Å². The highest BCUT2D eigenvalue weighted by atomic mass is 32.2. The lowest BCUT2D eigenvalue weighted by Crippen LogP contribution is -2.41. The molecule has 1 atom stereocenters. The summed E-state index contributed by atoms with van der Waals surface area (Å²) in [5, 5.41) is 0. The summed E-state index contributed by atoms with van der Waals surface area (Å²) in [6.07, 6.45) is 1.83. The zero-order valence-corrected chi connectivity index (χ0v) is 14.3. The second kappa shape index (κ2) is 6.71. The molecule has 130 valence electrons. The first-order valence-corrected chi connectivity index (χ1v) is 10.3. The van der Waals surface area contributed by atoms with Crippen molar-refractivity contribution >= 4 is 25.7 Å². The van der Waals surface area contributed by atoms with Gasteiger partial charge in [0.1, 0.15) is 5.82 Å². The Morgan fingerprint density at radius 1 is 1.30 bits per heavy atom. The maximum atomic E-state index is 14.0. The van der Waals surface area contributed by atoms with Gasteiger partial charge in [0, 0.05) is 12.6 Å². The summed E-state index contributed by atoms with van der Waals surface area (Å²) in [7, 11) is -7.55. The fourth-order valence-corrected chi connectivity index (χ4v) is 4.06. The largest absolute Gasteiger partial charge is 0.329 e. The Morgan fingerprint density at radius 3 is 2.43 bits per heavy atom. The smallest absolute Gasteiger partial charge is 0.240 e. The van der Waals surface area contributed by atoms with E-state index in [1.807, 2.05) is 0 Å². The molecule has 1 aliphatic rings. The van der Waals surface area contributed by atoms with Crippen LogP contribution in [0.2, 0.25) is 0 Å². The lowest BCUT2D eigenvalue weighted by molar-refractivity contribution is 0.518. The molecule has 0 bridgehead atoms. The van der Waals surface area contributed by atoms with E-state index in [0.717, 1.165) is 31.0 Å². The first-order chi connectivity index (χ1) is 10.7. The number of halogens is 1. The Bertz CT molecular complexity index is 776. The third-order valence-electron chi connectivity index (χ3n) is 3.65. The van der Waals surface area contributed by atoms with E-state index < -0.39 is 25.9 Å². The van der Waals surface area contributed by atoms with Gasteiger partial charge in [0.05, 0.1) is 16.3 Å². The van der Waals surface area contributed by atoms with Gasteiger partial charge in [-0.3, -0.25) is 4.72 Å². The number of rotatable bonds is 8. The van der Waals surface area contributed by atoms with Crippen molar-refractivity contribution in [3.8, 4) is 0 Å². The van der Waals surface area contributed by atoms with Gasteiger partial charge >= 0.3 is 0 Å². The molecule has 1 unspecified atom stereocenters. The van der Waals surface area contributed by atoms with E-state index in [9.17, 15) is 21.2 Å². The molecule has 0 spiro atoms. The number of hydrogen-bond donors (Lipinski definition) is 3. The summed E-state index contributed by atoms with van der Waals surface area (Å²) in [5.41, 5.74) is 5.27. The van der Waals surface area contributed by atoms with Crippen LogP contribution in [-0.2, 0) is 20.0 Å². The van der Waals surface area contributed by atoms with Crippen molar-refractivity contribution in [1.29, 1.82) is 0 Å². The van der Waals surface area contributed by atoms with E-state index in [1.54, 1.807) is 0 Å². The minimum Gasteiger partial charge on any atom is -0.329 e. The van der Waals surface area contributed by atoms with E-state index in [4.69, 9.17) is 5.73 Å². The number of nitrogens with one attached hydrogen (secondary N) is 2. The summed E-state index contributed by atoms with van der Waals surface area (Å²) < 4.78 is 65.9. The molecule has 1 aromatic carbocycles. The third-order valence-corrected chi connectivity index (χ3v) is 6.43. The van der Waals surface area contributed by atoms with Crippen molar-refractivity contribution in [3.63, 3.8) is 0 Å². The molecule has 0 aromatic heterocycles. The molecular formula is C13H20FN3O4S2. The first kappa shape index (κ1) is 18.1. The molecule has 23 heavy (non-hydrogen) atoms. The van der Waals surface area contributed by atoms with Gasteiger partial charge in [-0.15, -0.1) is 0 Å². The number of nitrogens with two attached hydrogens (primary N) is 1. The van der Waals surface area contributed by atoms with Gasteiger partial charge in [-0.05, 0) is 43.9 Å². The van der Waals surface area contributed by atoms with Crippen molar-refractivity contribution in [2.24, 2.45) is 11.7 Å². The average Bonchev–Trinajstić information content (AvgIpc) is 3.31. The molecule has 1 saturated carbocycles.